The summed E-state index contributed by atoms with van der Waals surface area (Å²) in [4.78, 5) is 18.8. The molecule has 26 heavy (non-hydrogen) atoms. The largest absolute Gasteiger partial charge is 0.353 e. The van der Waals surface area contributed by atoms with Crippen molar-refractivity contribution >= 4 is 28.9 Å². The molecule has 5 heteroatoms. The predicted molar refractivity (Wildman–Crippen MR) is 106 cm³/mol. The molecular formula is C21H20ClN3O. The van der Waals surface area contributed by atoms with Crippen LogP contribution in [0.5, 0.6) is 0 Å². The second kappa shape index (κ2) is 8.50. The van der Waals surface area contributed by atoms with E-state index in [1.807, 2.05) is 67.6 Å². The molecule has 1 amide bonds. The van der Waals surface area contributed by atoms with E-state index in [9.17, 15) is 4.79 Å². The van der Waals surface area contributed by atoms with Crippen LogP contribution < -0.4 is 5.32 Å². The van der Waals surface area contributed by atoms with Gasteiger partial charge in [-0.1, -0.05) is 54.1 Å². The topological polar surface area (TPSA) is 45.2 Å². The Hall–Kier alpha value is -2.85. The summed E-state index contributed by atoms with van der Waals surface area (Å²) in [6, 6.07) is 21.0. The molecule has 0 spiro atoms. The number of hydrogen-bond acceptors (Lipinski definition) is 3. The molecule has 0 aliphatic carbocycles. The minimum Gasteiger partial charge on any atom is -0.353 e. The van der Waals surface area contributed by atoms with Gasteiger partial charge in [-0.05, 0) is 36.8 Å². The molecule has 0 radical (unpaired) electrons. The number of halogens is 1. The Morgan fingerprint density at radius 1 is 1.04 bits per heavy atom. The summed E-state index contributed by atoms with van der Waals surface area (Å²) in [6.07, 6.45) is 1.65. The van der Waals surface area contributed by atoms with Gasteiger partial charge in [0.05, 0.1) is 22.6 Å². The minimum absolute atomic E-state index is 0.0827. The SMILES string of the molecule is CCN(Cc1ccccc1)C(=O)c1ccc(Nc2ccccc2Cl)cn1. The number of rotatable bonds is 6. The molecule has 0 aliphatic heterocycles. The zero-order valence-corrected chi connectivity index (χ0v) is 15.3. The lowest BCUT2D eigenvalue weighted by Crippen LogP contribution is -2.30. The van der Waals surface area contributed by atoms with E-state index < -0.39 is 0 Å². The second-order valence-electron chi connectivity index (χ2n) is 5.84. The van der Waals surface area contributed by atoms with Gasteiger partial charge < -0.3 is 10.2 Å². The van der Waals surface area contributed by atoms with E-state index in [2.05, 4.69) is 10.3 Å². The van der Waals surface area contributed by atoms with Crippen LogP contribution in [-0.4, -0.2) is 22.3 Å². The predicted octanol–water partition coefficient (Wildman–Crippen LogP) is 5.14. The van der Waals surface area contributed by atoms with E-state index in [-0.39, 0.29) is 5.91 Å². The number of para-hydroxylation sites is 1. The van der Waals surface area contributed by atoms with Crippen molar-refractivity contribution < 1.29 is 4.79 Å². The highest BCUT2D eigenvalue weighted by atomic mass is 35.5. The lowest BCUT2D eigenvalue weighted by molar-refractivity contribution is 0.0746. The number of nitrogens with zero attached hydrogens (tertiary/aromatic N) is 2. The number of carbonyl (C=O) groups excluding carboxylic acids is 1. The van der Waals surface area contributed by atoms with Crippen molar-refractivity contribution in [3.8, 4) is 0 Å². The number of nitrogens with one attached hydrogen (secondary N) is 1. The summed E-state index contributed by atoms with van der Waals surface area (Å²) < 4.78 is 0. The van der Waals surface area contributed by atoms with E-state index in [0.717, 1.165) is 16.9 Å². The Morgan fingerprint density at radius 3 is 2.42 bits per heavy atom. The third-order valence-corrected chi connectivity index (χ3v) is 4.35. The molecule has 3 aromatic rings. The molecule has 1 heterocycles. The van der Waals surface area contributed by atoms with E-state index in [4.69, 9.17) is 11.6 Å². The van der Waals surface area contributed by atoms with Gasteiger partial charge in [-0.2, -0.15) is 0 Å². The van der Waals surface area contributed by atoms with Crippen LogP contribution >= 0.6 is 11.6 Å². The lowest BCUT2D eigenvalue weighted by atomic mass is 10.2. The summed E-state index contributed by atoms with van der Waals surface area (Å²) in [5.74, 6) is -0.0827. The quantitative estimate of drug-likeness (QED) is 0.657. The monoisotopic (exact) mass is 365 g/mol. The number of aromatic nitrogens is 1. The van der Waals surface area contributed by atoms with Crippen LogP contribution in [0.15, 0.2) is 72.9 Å². The van der Waals surface area contributed by atoms with Crippen LogP contribution in [0.2, 0.25) is 5.02 Å². The van der Waals surface area contributed by atoms with E-state index in [1.165, 1.54) is 0 Å². The summed E-state index contributed by atoms with van der Waals surface area (Å²) in [6.45, 7) is 3.15. The first kappa shape index (κ1) is 18.0. The molecule has 132 valence electrons. The highest BCUT2D eigenvalue weighted by Gasteiger charge is 2.15. The fourth-order valence-electron chi connectivity index (χ4n) is 2.61. The molecular weight excluding hydrogens is 346 g/mol. The maximum absolute atomic E-state index is 12.7. The summed E-state index contributed by atoms with van der Waals surface area (Å²) >= 11 is 6.15. The zero-order chi connectivity index (χ0) is 18.4. The van der Waals surface area contributed by atoms with Crippen LogP contribution in [0.4, 0.5) is 11.4 Å². The van der Waals surface area contributed by atoms with E-state index >= 15 is 0 Å². The van der Waals surface area contributed by atoms with Gasteiger partial charge in [-0.25, -0.2) is 4.98 Å². The number of benzene rings is 2. The average molecular weight is 366 g/mol. The number of hydrogen-bond donors (Lipinski definition) is 1. The van der Waals surface area contributed by atoms with Crippen molar-refractivity contribution in [2.75, 3.05) is 11.9 Å². The van der Waals surface area contributed by atoms with Crippen molar-refractivity contribution in [1.82, 2.24) is 9.88 Å². The molecule has 0 unspecified atom stereocenters. The Kier molecular flexibility index (Phi) is 5.87. The fourth-order valence-corrected chi connectivity index (χ4v) is 2.79. The molecule has 1 aromatic heterocycles. The van der Waals surface area contributed by atoms with Gasteiger partial charge in [0.15, 0.2) is 0 Å². The van der Waals surface area contributed by atoms with Gasteiger partial charge in [0.2, 0.25) is 0 Å². The second-order valence-corrected chi connectivity index (χ2v) is 6.25. The van der Waals surface area contributed by atoms with Crippen molar-refractivity contribution in [3.63, 3.8) is 0 Å². The Balaban J connectivity index is 1.70. The lowest BCUT2D eigenvalue weighted by Gasteiger charge is -2.20. The third-order valence-electron chi connectivity index (χ3n) is 4.02. The molecule has 2 aromatic carbocycles. The van der Waals surface area contributed by atoms with E-state index in [0.29, 0.717) is 23.8 Å². The average Bonchev–Trinajstić information content (AvgIpc) is 2.69. The van der Waals surface area contributed by atoms with E-state index in [1.54, 1.807) is 17.2 Å². The highest BCUT2D eigenvalue weighted by Crippen LogP contribution is 2.24. The number of anilines is 2. The maximum atomic E-state index is 12.7. The van der Waals surface area contributed by atoms with Crippen LogP contribution in [-0.2, 0) is 6.54 Å². The van der Waals surface area contributed by atoms with Crippen molar-refractivity contribution in [2.45, 2.75) is 13.5 Å². The molecule has 0 saturated heterocycles. The Morgan fingerprint density at radius 2 is 1.77 bits per heavy atom. The van der Waals surface area contributed by atoms with Crippen LogP contribution in [0.25, 0.3) is 0 Å². The van der Waals surface area contributed by atoms with Crippen LogP contribution in [0, 0.1) is 0 Å². The molecule has 0 saturated carbocycles. The zero-order valence-electron chi connectivity index (χ0n) is 14.5. The first-order valence-corrected chi connectivity index (χ1v) is 8.86. The summed E-state index contributed by atoms with van der Waals surface area (Å²) in [5.41, 5.74) is 3.10. The van der Waals surface area contributed by atoms with Gasteiger partial charge in [0, 0.05) is 13.1 Å². The molecule has 0 fully saturated rings. The maximum Gasteiger partial charge on any atom is 0.272 e. The minimum atomic E-state index is -0.0827. The van der Waals surface area contributed by atoms with Crippen molar-refractivity contribution in [3.05, 3.63) is 89.2 Å². The molecule has 0 atom stereocenters. The van der Waals surface area contributed by atoms with Gasteiger partial charge in [0.1, 0.15) is 5.69 Å². The molecule has 0 aliphatic rings. The molecule has 3 rings (SSSR count). The third kappa shape index (κ3) is 4.41. The Bertz CT molecular complexity index is 866. The van der Waals surface area contributed by atoms with Gasteiger partial charge in [-0.15, -0.1) is 0 Å². The van der Waals surface area contributed by atoms with Crippen LogP contribution in [0.3, 0.4) is 0 Å². The standard InChI is InChI=1S/C21H20ClN3O/c1-2-25(15-16-8-4-3-5-9-16)21(26)20-13-12-17(14-23-20)24-19-11-7-6-10-18(19)22/h3-14,24H,2,15H2,1H3. The highest BCUT2D eigenvalue weighted by molar-refractivity contribution is 6.33. The molecule has 4 nitrogen and oxygen atoms in total. The van der Waals surface area contributed by atoms with Crippen molar-refractivity contribution in [1.29, 1.82) is 0 Å². The normalized spacial score (nSPS) is 10.4. The molecule has 1 N–H and O–H groups in total. The van der Waals surface area contributed by atoms with Gasteiger partial charge in [0.25, 0.3) is 5.91 Å². The first-order valence-electron chi connectivity index (χ1n) is 8.48. The number of carbonyl (C=O) groups is 1. The van der Waals surface area contributed by atoms with Gasteiger partial charge in [-0.3, -0.25) is 4.79 Å². The van der Waals surface area contributed by atoms with Gasteiger partial charge >= 0.3 is 0 Å². The van der Waals surface area contributed by atoms with Crippen LogP contribution in [0.1, 0.15) is 23.0 Å². The number of pyridine rings is 1. The summed E-state index contributed by atoms with van der Waals surface area (Å²) in [5, 5.41) is 3.83. The van der Waals surface area contributed by atoms with Crippen molar-refractivity contribution in [2.24, 2.45) is 0 Å². The smallest absolute Gasteiger partial charge is 0.272 e. The first-order chi connectivity index (χ1) is 12.7. The number of amides is 1. The summed E-state index contributed by atoms with van der Waals surface area (Å²) in [7, 11) is 0. The fraction of sp³-hybridized carbons (Fsp3) is 0.143. The molecule has 0 bridgehead atoms. The Labute approximate surface area is 158 Å².